The molecule has 2 atom stereocenters. The second-order valence-electron chi connectivity index (χ2n) is 7.58. The van der Waals surface area contributed by atoms with Gasteiger partial charge in [0.1, 0.15) is 6.61 Å². The fourth-order valence-electron chi connectivity index (χ4n) is 4.07. The first-order valence-corrected chi connectivity index (χ1v) is 10.1. The van der Waals surface area contributed by atoms with Gasteiger partial charge < -0.3 is 14.2 Å². The molecule has 0 radical (unpaired) electrons. The van der Waals surface area contributed by atoms with Gasteiger partial charge in [-0.05, 0) is 29.7 Å². The van der Waals surface area contributed by atoms with E-state index in [1.807, 2.05) is 30.3 Å². The van der Waals surface area contributed by atoms with E-state index in [4.69, 9.17) is 9.47 Å². The highest BCUT2D eigenvalue weighted by atomic mass is 16.6. The van der Waals surface area contributed by atoms with Crippen molar-refractivity contribution >= 4 is 23.3 Å². The largest absolute Gasteiger partial charge is 0.465 e. The van der Waals surface area contributed by atoms with Crippen molar-refractivity contribution in [3.05, 3.63) is 81.4 Å². The quantitative estimate of drug-likeness (QED) is 0.399. The van der Waals surface area contributed by atoms with Gasteiger partial charge >= 0.3 is 12.1 Å². The summed E-state index contributed by atoms with van der Waals surface area (Å²) in [6.45, 7) is 0.740. The molecule has 2 aliphatic rings. The summed E-state index contributed by atoms with van der Waals surface area (Å²) in [6, 6.07) is 13.0. The summed E-state index contributed by atoms with van der Waals surface area (Å²) in [5, 5.41) is 11.7. The number of hydrogen-bond acceptors (Lipinski definition) is 7. The molecule has 0 N–H and O–H groups in total. The van der Waals surface area contributed by atoms with Gasteiger partial charge in [-0.2, -0.15) is 0 Å². The second-order valence-corrected chi connectivity index (χ2v) is 7.58. The van der Waals surface area contributed by atoms with Crippen molar-refractivity contribution in [2.75, 3.05) is 20.3 Å². The van der Waals surface area contributed by atoms with Crippen LogP contribution in [0.2, 0.25) is 0 Å². The maximum absolute atomic E-state index is 12.8. The molecule has 0 aromatic heterocycles. The number of fused-ring (bicyclic) bond motifs is 2. The van der Waals surface area contributed by atoms with Crippen LogP contribution >= 0.6 is 0 Å². The number of amides is 1. The van der Waals surface area contributed by atoms with E-state index in [0.717, 1.165) is 11.1 Å². The Balaban J connectivity index is 1.58. The number of nitro groups is 1. The minimum absolute atomic E-state index is 0.106. The molecule has 2 unspecified atom stereocenters. The third-order valence-electron chi connectivity index (χ3n) is 5.58. The first kappa shape index (κ1) is 21.5. The molecule has 9 heteroatoms. The molecule has 4 rings (SSSR count). The minimum Gasteiger partial charge on any atom is -0.465 e. The van der Waals surface area contributed by atoms with Crippen molar-refractivity contribution < 1.29 is 28.7 Å². The molecular formula is C23H22N2O7. The molecule has 2 heterocycles. The van der Waals surface area contributed by atoms with Gasteiger partial charge in [0, 0.05) is 6.07 Å². The van der Waals surface area contributed by atoms with Gasteiger partial charge in [-0.15, -0.1) is 0 Å². The number of rotatable bonds is 5. The predicted octanol–water partition coefficient (Wildman–Crippen LogP) is 3.57. The van der Waals surface area contributed by atoms with Gasteiger partial charge in [0.05, 0.1) is 48.5 Å². The zero-order chi connectivity index (χ0) is 22.7. The molecule has 1 fully saturated rings. The number of esters is 1. The smallest absolute Gasteiger partial charge is 0.411 e. The molecule has 0 spiro atoms. The predicted molar refractivity (Wildman–Crippen MR) is 114 cm³/mol. The van der Waals surface area contributed by atoms with E-state index in [1.54, 1.807) is 17.0 Å². The SMILES string of the molecule is COC(=O)c1ccc(C2=CC3COCC(C2)N3C(=O)OCc2ccccc2)c([N+](=O)[O-])c1. The third kappa shape index (κ3) is 4.33. The first-order chi connectivity index (χ1) is 15.5. The summed E-state index contributed by atoms with van der Waals surface area (Å²) >= 11 is 0. The van der Waals surface area contributed by atoms with E-state index >= 15 is 0 Å². The monoisotopic (exact) mass is 438 g/mol. The Hall–Kier alpha value is -3.72. The van der Waals surface area contributed by atoms with Gasteiger partial charge in [0.2, 0.25) is 0 Å². The van der Waals surface area contributed by atoms with E-state index in [-0.39, 0.29) is 30.5 Å². The van der Waals surface area contributed by atoms with E-state index in [1.165, 1.54) is 19.2 Å². The normalized spacial score (nSPS) is 19.7. The van der Waals surface area contributed by atoms with Crippen LogP contribution in [0.4, 0.5) is 10.5 Å². The lowest BCUT2D eigenvalue weighted by Crippen LogP contribution is -2.56. The Kier molecular flexibility index (Phi) is 6.18. The molecule has 9 nitrogen and oxygen atoms in total. The molecule has 2 aliphatic heterocycles. The highest BCUT2D eigenvalue weighted by Gasteiger charge is 2.40. The maximum atomic E-state index is 12.8. The van der Waals surface area contributed by atoms with Gasteiger partial charge in [-0.25, -0.2) is 9.59 Å². The average molecular weight is 438 g/mol. The summed E-state index contributed by atoms with van der Waals surface area (Å²) in [5.74, 6) is -0.644. The number of carbonyl (C=O) groups is 2. The lowest BCUT2D eigenvalue weighted by Gasteiger charge is -2.43. The first-order valence-electron chi connectivity index (χ1n) is 10.1. The number of benzene rings is 2. The summed E-state index contributed by atoms with van der Waals surface area (Å²) in [4.78, 5) is 37.4. The number of carbonyl (C=O) groups excluding carboxylic acids is 2. The maximum Gasteiger partial charge on any atom is 0.411 e. The summed E-state index contributed by atoms with van der Waals surface area (Å²) < 4.78 is 15.8. The number of hydrogen-bond donors (Lipinski definition) is 0. The van der Waals surface area contributed by atoms with Crippen LogP contribution < -0.4 is 0 Å². The number of nitrogens with zero attached hydrogens (tertiary/aromatic N) is 2. The van der Waals surface area contributed by atoms with Crippen molar-refractivity contribution in [2.24, 2.45) is 0 Å². The molecule has 0 saturated carbocycles. The van der Waals surface area contributed by atoms with Crippen LogP contribution in [-0.2, 0) is 20.8 Å². The fourth-order valence-corrected chi connectivity index (χ4v) is 4.07. The Morgan fingerprint density at radius 3 is 2.66 bits per heavy atom. The van der Waals surface area contributed by atoms with Crippen molar-refractivity contribution in [2.45, 2.75) is 25.1 Å². The van der Waals surface area contributed by atoms with Gasteiger partial charge in [-0.3, -0.25) is 15.0 Å². The molecular weight excluding hydrogens is 416 g/mol. The number of ether oxygens (including phenoxy) is 3. The van der Waals surface area contributed by atoms with Crippen LogP contribution in [0.1, 0.15) is 27.9 Å². The number of morpholine rings is 1. The molecule has 0 aliphatic carbocycles. The average Bonchev–Trinajstić information content (AvgIpc) is 2.81. The van der Waals surface area contributed by atoms with Crippen LogP contribution in [0.15, 0.2) is 54.6 Å². The Bertz CT molecular complexity index is 1070. The van der Waals surface area contributed by atoms with E-state index in [2.05, 4.69) is 4.74 Å². The summed E-state index contributed by atoms with van der Waals surface area (Å²) in [6.07, 6.45) is 1.73. The van der Waals surface area contributed by atoms with Crippen LogP contribution in [0.3, 0.4) is 0 Å². The molecule has 166 valence electrons. The van der Waals surface area contributed by atoms with Crippen LogP contribution in [0.5, 0.6) is 0 Å². The zero-order valence-corrected chi connectivity index (χ0v) is 17.4. The van der Waals surface area contributed by atoms with Crippen molar-refractivity contribution in [1.82, 2.24) is 4.90 Å². The van der Waals surface area contributed by atoms with Crippen LogP contribution in [0.25, 0.3) is 5.57 Å². The topological polar surface area (TPSA) is 108 Å². The summed E-state index contributed by atoms with van der Waals surface area (Å²) in [7, 11) is 1.22. The van der Waals surface area contributed by atoms with Crippen LogP contribution in [0, 0.1) is 10.1 Å². The Labute approximate surface area is 184 Å². The third-order valence-corrected chi connectivity index (χ3v) is 5.58. The summed E-state index contributed by atoms with van der Waals surface area (Å²) in [5.41, 5.74) is 1.96. The molecule has 2 aromatic carbocycles. The van der Waals surface area contributed by atoms with E-state index in [9.17, 15) is 19.7 Å². The zero-order valence-electron chi connectivity index (χ0n) is 17.4. The molecule has 2 aromatic rings. The fraction of sp³-hybridized carbons (Fsp3) is 0.304. The lowest BCUT2D eigenvalue weighted by molar-refractivity contribution is -0.385. The molecule has 32 heavy (non-hydrogen) atoms. The van der Waals surface area contributed by atoms with Gasteiger partial charge in [-0.1, -0.05) is 36.4 Å². The molecule has 1 saturated heterocycles. The van der Waals surface area contributed by atoms with Gasteiger partial charge in [0.15, 0.2) is 0 Å². The molecule has 1 amide bonds. The van der Waals surface area contributed by atoms with Gasteiger partial charge in [0.25, 0.3) is 5.69 Å². The highest BCUT2D eigenvalue weighted by Crippen LogP contribution is 2.37. The second kappa shape index (κ2) is 9.19. The lowest BCUT2D eigenvalue weighted by atomic mass is 9.89. The van der Waals surface area contributed by atoms with Crippen molar-refractivity contribution in [1.29, 1.82) is 0 Å². The Morgan fingerprint density at radius 1 is 1.19 bits per heavy atom. The highest BCUT2D eigenvalue weighted by molar-refractivity contribution is 5.91. The standard InChI is InChI=1S/C23H22N2O7/c1-30-22(26)16-7-8-20(21(11-16)25(28)29)17-9-18-13-31-14-19(10-17)24(18)23(27)32-12-15-5-3-2-4-6-15/h2-9,11,18-19H,10,12-14H2,1H3. The van der Waals surface area contributed by atoms with Crippen molar-refractivity contribution in [3.63, 3.8) is 0 Å². The van der Waals surface area contributed by atoms with E-state index in [0.29, 0.717) is 18.6 Å². The number of methoxy groups -OCH3 is 1. The molecule has 2 bridgehead atoms. The number of nitro benzene ring substituents is 1. The minimum atomic E-state index is -0.644. The Morgan fingerprint density at radius 2 is 1.97 bits per heavy atom. The van der Waals surface area contributed by atoms with Crippen molar-refractivity contribution in [3.8, 4) is 0 Å². The van der Waals surface area contributed by atoms with E-state index < -0.39 is 23.0 Å². The van der Waals surface area contributed by atoms with Crippen LogP contribution in [-0.4, -0.2) is 54.3 Å².